The van der Waals surface area contributed by atoms with Gasteiger partial charge in [0.2, 0.25) is 0 Å². The Kier molecular flexibility index (Phi) is 5.63. The summed E-state index contributed by atoms with van der Waals surface area (Å²) in [5.74, 6) is 0.257. The number of nitrogen functional groups attached to an aromatic ring is 1. The zero-order valence-corrected chi connectivity index (χ0v) is 17.3. The number of aromatic nitrogens is 2. The Balaban J connectivity index is 1.94. The number of nitrogens with two attached hydrogens (primary N) is 1. The molecule has 2 aromatic heterocycles. The van der Waals surface area contributed by atoms with Crippen LogP contribution in [0.5, 0.6) is 0 Å². The van der Waals surface area contributed by atoms with E-state index in [-0.39, 0.29) is 5.82 Å². The maximum Gasteiger partial charge on any atom is 0.125 e. The van der Waals surface area contributed by atoms with Crippen molar-refractivity contribution in [3.63, 3.8) is 0 Å². The number of aryl methyl sites for hydroxylation is 1. The maximum absolute atomic E-state index is 13.6. The Bertz CT molecular complexity index is 1110. The van der Waals surface area contributed by atoms with Crippen molar-refractivity contribution in [2.24, 2.45) is 4.99 Å². The highest BCUT2D eigenvalue weighted by Crippen LogP contribution is 2.35. The number of nitrogens with zero attached hydrogens (tertiary/aromatic N) is 3. The van der Waals surface area contributed by atoms with Gasteiger partial charge in [0.1, 0.15) is 16.6 Å². The molecule has 0 spiro atoms. The number of benzene rings is 1. The number of rotatable bonds is 5. The fourth-order valence-corrected chi connectivity index (χ4v) is 4.12. The first kappa shape index (κ1) is 19.8. The molecule has 6 heteroatoms. The summed E-state index contributed by atoms with van der Waals surface area (Å²) in [6, 6.07) is 6.37. The molecule has 4 nitrogen and oxygen atoms in total. The lowest BCUT2D eigenvalue weighted by Gasteiger charge is -2.05. The molecule has 0 radical (unpaired) electrons. The van der Waals surface area contributed by atoms with E-state index in [9.17, 15) is 4.39 Å². The largest absolute Gasteiger partial charge is 0.384 e. The molecule has 2 heterocycles. The van der Waals surface area contributed by atoms with E-state index in [4.69, 9.17) is 10.7 Å². The molecule has 0 bridgehead atoms. The number of thiophene rings is 1. The van der Waals surface area contributed by atoms with Gasteiger partial charge in [0.25, 0.3) is 0 Å². The van der Waals surface area contributed by atoms with E-state index in [0.717, 1.165) is 33.0 Å². The van der Waals surface area contributed by atoms with Crippen LogP contribution in [-0.2, 0) is 6.54 Å². The minimum absolute atomic E-state index is 0.297. The van der Waals surface area contributed by atoms with Crippen LogP contribution < -0.4 is 5.73 Å². The topological polar surface area (TPSA) is 56.2 Å². The molecule has 3 rings (SSSR count). The molecule has 28 heavy (non-hydrogen) atoms. The summed E-state index contributed by atoms with van der Waals surface area (Å²) in [4.78, 5) is 4.78. The zero-order valence-electron chi connectivity index (χ0n) is 16.5. The van der Waals surface area contributed by atoms with Crippen LogP contribution in [0.15, 0.2) is 46.9 Å². The smallest absolute Gasteiger partial charge is 0.125 e. The van der Waals surface area contributed by atoms with E-state index >= 15 is 0 Å². The molecule has 0 saturated heterocycles. The van der Waals surface area contributed by atoms with Crippen molar-refractivity contribution in [3.8, 4) is 11.3 Å². The SMILES string of the molecule is C=C=C(C)c1c(C)csc1/N=C(\C)Cn1nc(-c2cccc(F)c2)c(C)c1N. The fourth-order valence-electron chi connectivity index (χ4n) is 3.08. The third-order valence-electron chi connectivity index (χ3n) is 4.60. The van der Waals surface area contributed by atoms with Gasteiger partial charge in [-0.25, -0.2) is 14.1 Å². The van der Waals surface area contributed by atoms with Crippen molar-refractivity contribution in [2.75, 3.05) is 5.73 Å². The summed E-state index contributed by atoms with van der Waals surface area (Å²) in [5, 5.41) is 7.61. The summed E-state index contributed by atoms with van der Waals surface area (Å²) >= 11 is 1.59. The normalized spacial score (nSPS) is 11.5. The molecule has 0 atom stereocenters. The Morgan fingerprint density at radius 1 is 1.36 bits per heavy atom. The van der Waals surface area contributed by atoms with E-state index in [0.29, 0.717) is 23.6 Å². The highest BCUT2D eigenvalue weighted by Gasteiger charge is 2.15. The summed E-state index contributed by atoms with van der Waals surface area (Å²) < 4.78 is 15.3. The first-order chi connectivity index (χ1) is 13.3. The predicted octanol–water partition coefficient (Wildman–Crippen LogP) is 5.93. The lowest BCUT2D eigenvalue weighted by atomic mass is 10.1. The van der Waals surface area contributed by atoms with Gasteiger partial charge in [0.15, 0.2) is 0 Å². The van der Waals surface area contributed by atoms with Crippen molar-refractivity contribution in [2.45, 2.75) is 34.2 Å². The second kappa shape index (κ2) is 7.97. The summed E-state index contributed by atoms with van der Waals surface area (Å²) in [7, 11) is 0. The molecular weight excluding hydrogens is 371 g/mol. The molecule has 0 saturated carbocycles. The summed E-state index contributed by atoms with van der Waals surface area (Å²) in [6.45, 7) is 12.1. The molecule has 144 valence electrons. The Hall–Kier alpha value is -2.95. The Morgan fingerprint density at radius 2 is 2.11 bits per heavy atom. The van der Waals surface area contributed by atoms with Gasteiger partial charge in [-0.1, -0.05) is 18.7 Å². The molecule has 1 aromatic carbocycles. The van der Waals surface area contributed by atoms with Gasteiger partial charge < -0.3 is 5.73 Å². The van der Waals surface area contributed by atoms with Crippen LogP contribution in [0.25, 0.3) is 16.8 Å². The van der Waals surface area contributed by atoms with Gasteiger partial charge in [-0.3, -0.25) is 0 Å². The summed E-state index contributed by atoms with van der Waals surface area (Å²) in [5.41, 5.74) is 15.5. The van der Waals surface area contributed by atoms with Gasteiger partial charge >= 0.3 is 0 Å². The van der Waals surface area contributed by atoms with Crippen LogP contribution in [0.4, 0.5) is 15.2 Å². The first-order valence-electron chi connectivity index (χ1n) is 8.90. The van der Waals surface area contributed by atoms with Crippen molar-refractivity contribution in [3.05, 3.63) is 64.5 Å². The molecule has 0 aliphatic heterocycles. The van der Waals surface area contributed by atoms with E-state index < -0.39 is 0 Å². The number of halogens is 1. The van der Waals surface area contributed by atoms with Crippen LogP contribution in [0.2, 0.25) is 0 Å². The van der Waals surface area contributed by atoms with Gasteiger partial charge in [0.05, 0.1) is 12.2 Å². The zero-order chi connectivity index (χ0) is 20.4. The predicted molar refractivity (Wildman–Crippen MR) is 117 cm³/mol. The number of anilines is 1. The lowest BCUT2D eigenvalue weighted by molar-refractivity contribution is 0.628. The molecule has 2 N–H and O–H groups in total. The lowest BCUT2D eigenvalue weighted by Crippen LogP contribution is -2.11. The van der Waals surface area contributed by atoms with E-state index in [1.807, 2.05) is 26.8 Å². The Morgan fingerprint density at radius 3 is 2.79 bits per heavy atom. The monoisotopic (exact) mass is 394 g/mol. The minimum atomic E-state index is -0.297. The average molecular weight is 395 g/mol. The number of allylic oxidation sites excluding steroid dienone is 1. The average Bonchev–Trinajstić information content (AvgIpc) is 3.15. The second-order valence-electron chi connectivity index (χ2n) is 6.77. The fraction of sp³-hybridized carbons (Fsp3) is 0.227. The van der Waals surface area contributed by atoms with Crippen LogP contribution in [0.1, 0.15) is 30.5 Å². The highest BCUT2D eigenvalue weighted by molar-refractivity contribution is 7.14. The number of hydrogen-bond acceptors (Lipinski definition) is 4. The molecule has 3 aromatic rings. The second-order valence-corrected chi connectivity index (χ2v) is 7.63. The standard InChI is InChI=1S/C22H23FN4S/c1-6-13(2)19-14(3)12-28-22(19)25-15(4)11-27-21(24)16(5)20(26-27)17-8-7-9-18(23)10-17/h7-10,12H,1,11,24H2,2-5H3/b25-15+. The van der Waals surface area contributed by atoms with Gasteiger partial charge in [-0.2, -0.15) is 5.10 Å². The van der Waals surface area contributed by atoms with E-state index in [1.165, 1.54) is 12.1 Å². The molecular formula is C22H23FN4S. The van der Waals surface area contributed by atoms with Crippen LogP contribution in [-0.4, -0.2) is 15.5 Å². The molecule has 0 amide bonds. The van der Waals surface area contributed by atoms with Gasteiger partial charge in [0, 0.05) is 28.0 Å². The molecule has 0 unspecified atom stereocenters. The Labute approximate surface area is 168 Å². The summed E-state index contributed by atoms with van der Waals surface area (Å²) in [6.07, 6.45) is 0. The van der Waals surface area contributed by atoms with Gasteiger partial charge in [-0.05, 0) is 50.8 Å². The first-order valence-corrected chi connectivity index (χ1v) is 9.77. The highest BCUT2D eigenvalue weighted by atomic mass is 32.1. The van der Waals surface area contributed by atoms with Crippen molar-refractivity contribution in [1.82, 2.24) is 9.78 Å². The van der Waals surface area contributed by atoms with E-state index in [1.54, 1.807) is 22.1 Å². The van der Waals surface area contributed by atoms with Gasteiger partial charge in [-0.15, -0.1) is 17.1 Å². The van der Waals surface area contributed by atoms with Crippen molar-refractivity contribution >= 4 is 33.4 Å². The number of aliphatic imine (C=N–C) groups is 1. The minimum Gasteiger partial charge on any atom is -0.384 e. The molecule has 0 aliphatic rings. The maximum atomic E-state index is 13.6. The quantitative estimate of drug-likeness (QED) is 0.431. The molecule has 0 fully saturated rings. The van der Waals surface area contributed by atoms with Crippen LogP contribution in [0.3, 0.4) is 0 Å². The van der Waals surface area contributed by atoms with Crippen LogP contribution in [0, 0.1) is 19.7 Å². The molecule has 0 aliphatic carbocycles. The third kappa shape index (κ3) is 3.84. The third-order valence-corrected chi connectivity index (χ3v) is 5.59. The van der Waals surface area contributed by atoms with Crippen molar-refractivity contribution < 1.29 is 4.39 Å². The number of hydrogen-bond donors (Lipinski definition) is 1. The van der Waals surface area contributed by atoms with Crippen LogP contribution >= 0.6 is 11.3 Å². The van der Waals surface area contributed by atoms with E-state index in [2.05, 4.69) is 29.7 Å². The van der Waals surface area contributed by atoms with Crippen molar-refractivity contribution in [1.29, 1.82) is 0 Å².